The van der Waals surface area contributed by atoms with Crippen molar-refractivity contribution < 1.29 is 52.4 Å². The minimum absolute atomic E-state index is 0.310. The SMILES string of the molecule is [2H]c1c([2H])c([2H])c(-c2c([2H])c([2H])c(-c3c([2H])c([2H])c(N(c4c([2H])c([2H])c(-c5c([2H])c([2H])c([2H])c([2H])c5[2H])c([2H])c4[2H])c4c([2H])c([2H])c(-c5c([2H])c([2H])c([2H])c([2H])c5[2H])c([2H])c4[2H])c4c3oc3c5c([2H])c([2H])c([2H])c([2H])c5c([2H])c([2H])c34)c([2H])c2[2H])c([2H])c1[2H]. The Morgan fingerprint density at radius 3 is 1.31 bits per heavy atom. The first-order valence-corrected chi connectivity index (χ1v) is 15.6. The maximum absolute atomic E-state index is 10.1. The first-order chi connectivity index (χ1) is 41.4. The molecule has 10 aromatic rings. The molecule has 54 heavy (non-hydrogen) atoms. The molecule has 0 bridgehead atoms. The van der Waals surface area contributed by atoms with E-state index >= 15 is 0 Å². The van der Waals surface area contributed by atoms with Gasteiger partial charge in [-0.1, -0.05) is 169 Å². The number of rotatable bonds is 7. The molecule has 0 aliphatic carbocycles. The summed E-state index contributed by atoms with van der Waals surface area (Å²) in [4.78, 5) is 0.310. The normalized spacial score (nSPS) is 20.4. The van der Waals surface area contributed by atoms with Crippen molar-refractivity contribution in [1.82, 2.24) is 0 Å². The molecule has 0 amide bonds. The van der Waals surface area contributed by atoms with Gasteiger partial charge in [0.15, 0.2) is 0 Å². The van der Waals surface area contributed by atoms with Crippen LogP contribution in [0.3, 0.4) is 0 Å². The molecule has 0 atom stereocenters. The second-order valence-corrected chi connectivity index (χ2v) is 11.0. The molecule has 0 fully saturated rings. The number of benzene rings is 9. The maximum atomic E-state index is 10.1. The van der Waals surface area contributed by atoms with Crippen LogP contribution in [0.2, 0.25) is 0 Å². The molecule has 254 valence electrons. The molecule has 0 aliphatic heterocycles. The molecule has 0 N–H and O–H groups in total. The Hall–Kier alpha value is -7.16. The summed E-state index contributed by atoms with van der Waals surface area (Å²) in [5.74, 6) is 0. The summed E-state index contributed by atoms with van der Waals surface area (Å²) in [6.45, 7) is 0. The molecule has 2 nitrogen and oxygen atoms in total. The average Bonchev–Trinajstić information content (AvgIpc) is 1.69. The molecule has 1 heterocycles. The third kappa shape index (κ3) is 5.62. The van der Waals surface area contributed by atoms with Crippen molar-refractivity contribution in [3.63, 3.8) is 0 Å². The lowest BCUT2D eigenvalue weighted by Gasteiger charge is -2.27. The topological polar surface area (TPSA) is 16.4 Å². The fourth-order valence-electron chi connectivity index (χ4n) is 5.52. The van der Waals surface area contributed by atoms with Gasteiger partial charge in [0, 0.05) is 27.7 Å². The molecule has 0 saturated carbocycles. The highest BCUT2D eigenvalue weighted by Crippen LogP contribution is 2.47. The van der Waals surface area contributed by atoms with E-state index in [0.29, 0.717) is 4.90 Å². The van der Waals surface area contributed by atoms with Crippen molar-refractivity contribution in [2.24, 2.45) is 0 Å². The van der Waals surface area contributed by atoms with Crippen LogP contribution < -0.4 is 4.90 Å². The lowest BCUT2D eigenvalue weighted by Crippen LogP contribution is -2.10. The van der Waals surface area contributed by atoms with E-state index in [4.69, 9.17) is 30.5 Å². The number of furan rings is 1. The van der Waals surface area contributed by atoms with Crippen LogP contribution in [0.4, 0.5) is 17.1 Å². The maximum Gasteiger partial charge on any atom is 0.145 e. The van der Waals surface area contributed by atoms with E-state index < -0.39 is 306 Å². The van der Waals surface area contributed by atoms with Gasteiger partial charge >= 0.3 is 0 Å². The van der Waals surface area contributed by atoms with Crippen LogP contribution in [0.5, 0.6) is 0 Å². The Kier molecular flexibility index (Phi) is 2.97. The van der Waals surface area contributed by atoms with Gasteiger partial charge in [0.05, 0.1) is 59.1 Å². The lowest BCUT2D eigenvalue weighted by atomic mass is 9.97. The van der Waals surface area contributed by atoms with Crippen molar-refractivity contribution in [2.75, 3.05) is 4.90 Å². The van der Waals surface area contributed by atoms with E-state index in [0.717, 1.165) is 0 Å². The number of hydrogen-bond donors (Lipinski definition) is 0. The molecule has 0 unspecified atom stereocenters. The van der Waals surface area contributed by atoms with E-state index in [1.54, 1.807) is 0 Å². The quantitative estimate of drug-likeness (QED) is 0.163. The van der Waals surface area contributed by atoms with Gasteiger partial charge in [0.2, 0.25) is 0 Å². The van der Waals surface area contributed by atoms with E-state index in [1.165, 1.54) is 0 Å². The molecular formula is C52H35NO. The fourth-order valence-corrected chi connectivity index (χ4v) is 5.52. The molecular weight excluding hydrogens is 655 g/mol. The summed E-state index contributed by atoms with van der Waals surface area (Å²) in [6, 6.07) is -38.4. The van der Waals surface area contributed by atoms with E-state index in [-0.39, 0.29) is 0 Å². The van der Waals surface area contributed by atoms with Crippen LogP contribution in [0.15, 0.2) is 216 Å². The van der Waals surface area contributed by atoms with Gasteiger partial charge in [-0.2, -0.15) is 0 Å². The van der Waals surface area contributed by atoms with Gasteiger partial charge in [0.25, 0.3) is 0 Å². The minimum atomic E-state index is -1.37. The molecule has 0 saturated heterocycles. The second-order valence-electron chi connectivity index (χ2n) is 11.0. The Morgan fingerprint density at radius 1 is 0.333 bits per heavy atom. The molecule has 1 aromatic heterocycles. The van der Waals surface area contributed by atoms with Crippen LogP contribution in [0, 0.1) is 0 Å². The zero-order valence-electron chi connectivity index (χ0n) is 61.9. The van der Waals surface area contributed by atoms with Gasteiger partial charge in [-0.25, -0.2) is 0 Å². The number of fused-ring (bicyclic) bond motifs is 5. The zero-order chi connectivity index (χ0) is 66.3. The summed E-state index contributed by atoms with van der Waals surface area (Å²) < 4.78 is 321. The fraction of sp³-hybridized carbons (Fsp3) is 0. The zero-order valence-corrected chi connectivity index (χ0v) is 26.9. The number of hydrogen-bond acceptors (Lipinski definition) is 2. The van der Waals surface area contributed by atoms with Crippen LogP contribution in [0.25, 0.3) is 77.2 Å². The molecule has 0 aliphatic rings. The first-order valence-electron chi connectivity index (χ1n) is 33.1. The van der Waals surface area contributed by atoms with Crippen LogP contribution in [0.1, 0.15) is 48.0 Å². The highest BCUT2D eigenvalue weighted by atomic mass is 16.3. The van der Waals surface area contributed by atoms with Crippen molar-refractivity contribution in [1.29, 1.82) is 0 Å². The number of anilines is 3. The summed E-state index contributed by atoms with van der Waals surface area (Å²) in [7, 11) is 0. The summed E-state index contributed by atoms with van der Waals surface area (Å²) >= 11 is 0. The highest BCUT2D eigenvalue weighted by Gasteiger charge is 2.23. The molecule has 2 heteroatoms. The standard InChI is InChI=1S/C52H35NO/c1-4-12-36(13-5-1)39-20-22-43(23-21-39)47-34-35-49(50-48-33-28-42-18-10-11-19-46(42)51(48)54-52(47)50)53(44-29-24-40(25-30-44)37-14-6-2-7-15-37)45-31-26-41(27-32-45)38-16-8-3-9-17-38/h1-35H/i1D,2D,3D,4D,5D,6D,7D,8D,9D,10D,11D,12D,13D,14D,15D,16D,17D,18D,19D,20D,21D,22D,23D,24D,25D,26D,27D,28D,29D,30D,31D,32D,33D,34D,35D. The monoisotopic (exact) mass is 724 g/mol. The Balaban J connectivity index is 1.49. The molecule has 0 spiro atoms. The Labute approximate surface area is 364 Å². The van der Waals surface area contributed by atoms with Crippen molar-refractivity contribution in [3.05, 3.63) is 211 Å². The largest absolute Gasteiger partial charge is 0.455 e. The van der Waals surface area contributed by atoms with E-state index in [9.17, 15) is 21.9 Å². The minimum Gasteiger partial charge on any atom is -0.455 e. The lowest BCUT2D eigenvalue weighted by molar-refractivity contribution is 0.674. The van der Waals surface area contributed by atoms with Crippen molar-refractivity contribution >= 4 is 49.8 Å². The second kappa shape index (κ2) is 13.4. The van der Waals surface area contributed by atoms with Gasteiger partial charge in [-0.15, -0.1) is 0 Å². The van der Waals surface area contributed by atoms with Crippen LogP contribution in [-0.2, 0) is 0 Å². The third-order valence-electron chi connectivity index (χ3n) is 7.92. The smallest absolute Gasteiger partial charge is 0.145 e. The molecule has 0 radical (unpaired) electrons. The average molecular weight is 725 g/mol. The van der Waals surface area contributed by atoms with Crippen LogP contribution >= 0.6 is 0 Å². The Morgan fingerprint density at radius 2 is 0.778 bits per heavy atom. The van der Waals surface area contributed by atoms with Gasteiger partial charge in [-0.3, -0.25) is 0 Å². The predicted octanol–water partition coefficient (Wildman–Crippen LogP) is 14.9. The van der Waals surface area contributed by atoms with E-state index in [1.807, 2.05) is 0 Å². The third-order valence-corrected chi connectivity index (χ3v) is 7.92. The highest BCUT2D eigenvalue weighted by molar-refractivity contribution is 6.22. The van der Waals surface area contributed by atoms with Crippen molar-refractivity contribution in [3.8, 4) is 44.5 Å². The summed E-state index contributed by atoms with van der Waals surface area (Å²) in [6.07, 6.45) is 0. The Bertz CT molecular complexity index is 4660. The first kappa shape index (κ1) is 11.9. The van der Waals surface area contributed by atoms with Gasteiger partial charge in [0.1, 0.15) is 11.2 Å². The number of nitrogens with zero attached hydrogens (tertiary/aromatic N) is 1. The summed E-state index contributed by atoms with van der Waals surface area (Å²) in [5, 5.41) is -3.17. The van der Waals surface area contributed by atoms with Gasteiger partial charge < -0.3 is 9.32 Å². The van der Waals surface area contributed by atoms with Gasteiger partial charge in [-0.05, 0) is 86.6 Å². The summed E-state index contributed by atoms with van der Waals surface area (Å²) in [5.41, 5.74) is -12.9. The van der Waals surface area contributed by atoms with E-state index in [2.05, 4.69) is 0 Å². The molecule has 10 rings (SSSR count). The molecule has 9 aromatic carbocycles. The van der Waals surface area contributed by atoms with Crippen LogP contribution in [-0.4, -0.2) is 0 Å². The van der Waals surface area contributed by atoms with Crippen molar-refractivity contribution in [2.45, 2.75) is 0 Å². The predicted molar refractivity (Wildman–Crippen MR) is 228 cm³/mol.